The third-order valence-electron chi connectivity index (χ3n) is 3.40. The number of aliphatic hydroxyl groups excluding tert-OH is 1. The molecule has 1 heterocycles. The molecule has 0 spiro atoms. The second-order valence-electron chi connectivity index (χ2n) is 5.39. The zero-order valence-corrected chi connectivity index (χ0v) is 13.3. The van der Waals surface area contributed by atoms with Crippen molar-refractivity contribution in [3.8, 4) is 0 Å². The molecule has 0 aliphatic rings. The van der Waals surface area contributed by atoms with Gasteiger partial charge in [-0.1, -0.05) is 0 Å². The molecule has 10 heteroatoms. The molecule has 2 rings (SSSR count). The van der Waals surface area contributed by atoms with Crippen molar-refractivity contribution in [3.63, 3.8) is 0 Å². The quantitative estimate of drug-likeness (QED) is 0.529. The third kappa shape index (κ3) is 3.66. The summed E-state index contributed by atoms with van der Waals surface area (Å²) in [6.45, 7) is 1.56. The van der Waals surface area contributed by atoms with Crippen molar-refractivity contribution in [1.82, 2.24) is 15.2 Å². The monoisotopic (exact) mass is 324 g/mol. The fourth-order valence-corrected chi connectivity index (χ4v) is 2.21. The molecule has 2 N–H and O–H groups in total. The summed E-state index contributed by atoms with van der Waals surface area (Å²) < 4.78 is 4.70. The second kappa shape index (κ2) is 7.20. The van der Waals surface area contributed by atoms with Crippen LogP contribution in [0.2, 0.25) is 0 Å². The number of likely N-dealkylation sites (N-methyl/N-ethyl adjacent to an activating group) is 2. The number of nitro benzene ring substituents is 1. The van der Waals surface area contributed by atoms with E-state index in [0.717, 1.165) is 6.54 Å². The van der Waals surface area contributed by atoms with Gasteiger partial charge in [-0.05, 0) is 30.5 Å². The number of benzene rings is 1. The van der Waals surface area contributed by atoms with Crippen LogP contribution in [0.3, 0.4) is 0 Å². The van der Waals surface area contributed by atoms with E-state index in [1.807, 2.05) is 19.0 Å². The molecule has 0 aliphatic heterocycles. The lowest BCUT2D eigenvalue weighted by Gasteiger charge is -2.19. The highest BCUT2D eigenvalue weighted by Crippen LogP contribution is 2.38. The van der Waals surface area contributed by atoms with E-state index in [4.69, 9.17) is 9.74 Å². The standard InChI is InChI=1S/C13H20N6O4/c1-17(2)5-4-14-9-8-10(18(3)6-7-20)13(19(21)22)12-11(9)15-23-16-12/h8,14,20H,4-7H2,1-3H3. The van der Waals surface area contributed by atoms with Gasteiger partial charge in [0.2, 0.25) is 5.52 Å². The highest BCUT2D eigenvalue weighted by Gasteiger charge is 2.27. The maximum Gasteiger partial charge on any atom is 0.323 e. The highest BCUT2D eigenvalue weighted by atomic mass is 16.6. The highest BCUT2D eigenvalue weighted by molar-refractivity contribution is 5.99. The summed E-state index contributed by atoms with van der Waals surface area (Å²) in [5.41, 5.74) is 1.17. The van der Waals surface area contributed by atoms with Crippen LogP contribution in [-0.4, -0.2) is 72.6 Å². The smallest absolute Gasteiger partial charge is 0.323 e. The van der Waals surface area contributed by atoms with Gasteiger partial charge in [-0.2, -0.15) is 0 Å². The molecule has 0 amide bonds. The summed E-state index contributed by atoms with van der Waals surface area (Å²) in [7, 11) is 5.57. The minimum Gasteiger partial charge on any atom is -0.395 e. The Morgan fingerprint density at radius 3 is 2.61 bits per heavy atom. The summed E-state index contributed by atoms with van der Waals surface area (Å²) in [5.74, 6) is 0. The molecule has 10 nitrogen and oxygen atoms in total. The lowest BCUT2D eigenvalue weighted by molar-refractivity contribution is -0.382. The molecule has 0 fully saturated rings. The summed E-state index contributed by atoms with van der Waals surface area (Å²) in [4.78, 5) is 14.5. The van der Waals surface area contributed by atoms with E-state index in [2.05, 4.69) is 15.6 Å². The van der Waals surface area contributed by atoms with Crippen LogP contribution < -0.4 is 10.2 Å². The van der Waals surface area contributed by atoms with Crippen LogP contribution in [-0.2, 0) is 0 Å². The van der Waals surface area contributed by atoms with Crippen LogP contribution in [0.1, 0.15) is 0 Å². The molecule has 1 aromatic carbocycles. The van der Waals surface area contributed by atoms with Gasteiger partial charge in [0.1, 0.15) is 5.69 Å². The Balaban J connectivity index is 2.49. The van der Waals surface area contributed by atoms with Gasteiger partial charge in [0, 0.05) is 26.7 Å². The van der Waals surface area contributed by atoms with Gasteiger partial charge in [0.25, 0.3) is 0 Å². The number of fused-ring (bicyclic) bond motifs is 1. The predicted molar refractivity (Wildman–Crippen MR) is 85.9 cm³/mol. The van der Waals surface area contributed by atoms with Gasteiger partial charge >= 0.3 is 5.69 Å². The zero-order valence-electron chi connectivity index (χ0n) is 13.3. The molecule has 0 saturated heterocycles. The fraction of sp³-hybridized carbons (Fsp3) is 0.538. The Kier molecular flexibility index (Phi) is 5.29. The summed E-state index contributed by atoms with van der Waals surface area (Å²) >= 11 is 0. The van der Waals surface area contributed by atoms with Crippen LogP contribution in [0, 0.1) is 10.1 Å². The number of anilines is 2. The average Bonchev–Trinajstić information content (AvgIpc) is 2.95. The van der Waals surface area contributed by atoms with Crippen molar-refractivity contribution in [2.24, 2.45) is 0 Å². The zero-order chi connectivity index (χ0) is 17.0. The molecule has 126 valence electrons. The molecule has 0 aliphatic carbocycles. The number of nitrogens with one attached hydrogen (secondary N) is 1. The minimum absolute atomic E-state index is 0.0876. The second-order valence-corrected chi connectivity index (χ2v) is 5.39. The Morgan fingerprint density at radius 2 is 2.00 bits per heavy atom. The van der Waals surface area contributed by atoms with Crippen LogP contribution in [0.4, 0.5) is 17.1 Å². The lowest BCUT2D eigenvalue weighted by atomic mass is 10.1. The lowest BCUT2D eigenvalue weighted by Crippen LogP contribution is -2.23. The molecular weight excluding hydrogens is 304 g/mol. The largest absolute Gasteiger partial charge is 0.395 e. The van der Waals surface area contributed by atoms with E-state index >= 15 is 0 Å². The molecule has 2 aromatic rings. The molecule has 0 atom stereocenters. The molecule has 0 radical (unpaired) electrons. The van der Waals surface area contributed by atoms with Crippen molar-refractivity contribution < 1.29 is 14.7 Å². The number of nitrogens with zero attached hydrogens (tertiary/aromatic N) is 5. The fourth-order valence-electron chi connectivity index (χ4n) is 2.21. The third-order valence-corrected chi connectivity index (χ3v) is 3.40. The van der Waals surface area contributed by atoms with Crippen LogP contribution in [0.15, 0.2) is 10.7 Å². The van der Waals surface area contributed by atoms with Crippen molar-refractivity contribution in [3.05, 3.63) is 16.2 Å². The average molecular weight is 324 g/mol. The van der Waals surface area contributed by atoms with Gasteiger partial charge < -0.3 is 20.2 Å². The first-order valence-corrected chi connectivity index (χ1v) is 7.10. The van der Waals surface area contributed by atoms with Crippen LogP contribution >= 0.6 is 0 Å². The summed E-state index contributed by atoms with van der Waals surface area (Å²) in [6.07, 6.45) is 0. The summed E-state index contributed by atoms with van der Waals surface area (Å²) in [6, 6.07) is 1.63. The number of hydrogen-bond donors (Lipinski definition) is 2. The first kappa shape index (κ1) is 16.9. The molecular formula is C13H20N6O4. The first-order chi connectivity index (χ1) is 11.0. The molecule has 0 unspecified atom stereocenters. The van der Waals surface area contributed by atoms with Crippen molar-refractivity contribution in [2.75, 3.05) is 57.6 Å². The van der Waals surface area contributed by atoms with Crippen molar-refractivity contribution in [1.29, 1.82) is 0 Å². The van der Waals surface area contributed by atoms with Gasteiger partial charge in [-0.3, -0.25) is 10.1 Å². The first-order valence-electron chi connectivity index (χ1n) is 7.10. The number of nitro groups is 1. The SMILES string of the molecule is CN(C)CCNc1cc(N(C)CCO)c([N+](=O)[O-])c2nonc12. The van der Waals surface area contributed by atoms with Crippen molar-refractivity contribution in [2.45, 2.75) is 0 Å². The van der Waals surface area contributed by atoms with Gasteiger partial charge in [-0.25, -0.2) is 4.63 Å². The number of aliphatic hydroxyl groups is 1. The predicted octanol–water partition coefficient (Wildman–Crippen LogP) is 0.533. The van der Waals surface area contributed by atoms with E-state index < -0.39 is 4.92 Å². The summed E-state index contributed by atoms with van der Waals surface area (Å²) in [5, 5.41) is 31.2. The van der Waals surface area contributed by atoms with Crippen LogP contribution in [0.25, 0.3) is 11.0 Å². The number of rotatable bonds is 8. The molecule has 0 bridgehead atoms. The Labute approximate surface area is 132 Å². The Morgan fingerprint density at radius 1 is 1.30 bits per heavy atom. The van der Waals surface area contributed by atoms with E-state index in [0.29, 0.717) is 23.4 Å². The Bertz CT molecular complexity index is 686. The Hall–Kier alpha value is -2.46. The normalized spacial score (nSPS) is 11.2. The topological polar surface area (TPSA) is 121 Å². The van der Waals surface area contributed by atoms with E-state index in [1.54, 1.807) is 18.0 Å². The maximum atomic E-state index is 11.4. The van der Waals surface area contributed by atoms with E-state index in [9.17, 15) is 10.1 Å². The molecule has 23 heavy (non-hydrogen) atoms. The van der Waals surface area contributed by atoms with Crippen molar-refractivity contribution >= 4 is 28.1 Å². The van der Waals surface area contributed by atoms with Gasteiger partial charge in [0.05, 0.1) is 17.2 Å². The number of aromatic nitrogens is 2. The molecule has 0 saturated carbocycles. The van der Waals surface area contributed by atoms with Crippen LogP contribution in [0.5, 0.6) is 0 Å². The molecule has 1 aromatic heterocycles. The minimum atomic E-state index is -0.515. The van der Waals surface area contributed by atoms with E-state index in [1.165, 1.54) is 0 Å². The maximum absolute atomic E-state index is 11.4. The van der Waals surface area contributed by atoms with Gasteiger partial charge in [0.15, 0.2) is 5.52 Å². The number of hydrogen-bond acceptors (Lipinski definition) is 9. The van der Waals surface area contributed by atoms with E-state index in [-0.39, 0.29) is 24.4 Å². The van der Waals surface area contributed by atoms with Gasteiger partial charge in [-0.15, -0.1) is 0 Å².